The zero-order valence-electron chi connectivity index (χ0n) is 10.4. The Morgan fingerprint density at radius 2 is 2.05 bits per heavy atom. The Hall–Kier alpha value is -0.990. The molecule has 1 aromatic carbocycles. The Kier molecular flexibility index (Phi) is 5.05. The van der Waals surface area contributed by atoms with Gasteiger partial charge in [0.1, 0.15) is 10.7 Å². The summed E-state index contributed by atoms with van der Waals surface area (Å²) in [5, 5.41) is 7.49. The van der Waals surface area contributed by atoms with Crippen LogP contribution in [0.15, 0.2) is 21.5 Å². The Labute approximate surface area is 119 Å². The van der Waals surface area contributed by atoms with E-state index in [0.717, 1.165) is 12.1 Å². The fourth-order valence-electron chi connectivity index (χ4n) is 1.31. The van der Waals surface area contributed by atoms with Gasteiger partial charge in [0.15, 0.2) is 0 Å². The highest BCUT2D eigenvalue weighted by Crippen LogP contribution is 2.23. The van der Waals surface area contributed by atoms with E-state index in [1.54, 1.807) is 0 Å². The fourth-order valence-corrected chi connectivity index (χ4v) is 2.42. The molecule has 0 radical (unpaired) electrons. The smallest absolute Gasteiger partial charge is 0.252 e. The molecule has 1 amide bonds. The molecule has 8 heteroatoms. The second kappa shape index (κ2) is 5.98. The third-order valence-corrected chi connectivity index (χ3v) is 3.83. The number of halogens is 2. The summed E-state index contributed by atoms with van der Waals surface area (Å²) in [4.78, 5) is 11.2. The lowest BCUT2D eigenvalue weighted by Gasteiger charge is -2.10. The van der Waals surface area contributed by atoms with Gasteiger partial charge in [0, 0.05) is 11.0 Å². The third-order valence-electron chi connectivity index (χ3n) is 2.24. The van der Waals surface area contributed by atoms with Crippen LogP contribution in [-0.4, -0.2) is 20.9 Å². The van der Waals surface area contributed by atoms with Crippen LogP contribution in [0.4, 0.5) is 4.39 Å². The maximum absolute atomic E-state index is 13.5. The first-order chi connectivity index (χ1) is 8.62. The van der Waals surface area contributed by atoms with E-state index in [4.69, 9.17) is 5.14 Å². The molecular weight excluding hydrogens is 339 g/mol. The molecule has 0 fully saturated rings. The molecule has 0 saturated carbocycles. The molecule has 3 N–H and O–H groups in total. The summed E-state index contributed by atoms with van der Waals surface area (Å²) in [5.41, 5.74) is 0.0195. The first-order valence-electron chi connectivity index (χ1n) is 5.43. The molecule has 0 aliphatic rings. The molecule has 0 unspecified atom stereocenters. The van der Waals surface area contributed by atoms with E-state index in [0.29, 0.717) is 6.54 Å². The Morgan fingerprint density at radius 3 is 2.53 bits per heavy atom. The van der Waals surface area contributed by atoms with Gasteiger partial charge in [0.2, 0.25) is 10.0 Å². The van der Waals surface area contributed by atoms with Crippen molar-refractivity contribution in [3.8, 4) is 0 Å². The molecule has 0 spiro atoms. The van der Waals surface area contributed by atoms with E-state index in [9.17, 15) is 17.6 Å². The molecule has 0 saturated heterocycles. The van der Waals surface area contributed by atoms with Crippen molar-refractivity contribution in [2.45, 2.75) is 18.7 Å². The highest BCUT2D eigenvalue weighted by Gasteiger charge is 2.20. The SMILES string of the molecule is CC(C)CNC(=O)c1cc(S(N)(=O)=O)c(F)cc1Br. The van der Waals surface area contributed by atoms with Crippen molar-refractivity contribution in [2.75, 3.05) is 6.54 Å². The zero-order chi connectivity index (χ0) is 14.8. The van der Waals surface area contributed by atoms with E-state index in [1.165, 1.54) is 0 Å². The van der Waals surface area contributed by atoms with Crippen molar-refractivity contribution < 1.29 is 17.6 Å². The molecule has 0 heterocycles. The number of carbonyl (C=O) groups excluding carboxylic acids is 1. The van der Waals surface area contributed by atoms with Crippen LogP contribution in [0, 0.1) is 11.7 Å². The van der Waals surface area contributed by atoms with Gasteiger partial charge in [-0.25, -0.2) is 17.9 Å². The lowest BCUT2D eigenvalue weighted by Crippen LogP contribution is -2.28. The molecule has 0 aliphatic carbocycles. The zero-order valence-corrected chi connectivity index (χ0v) is 12.8. The van der Waals surface area contributed by atoms with E-state index in [1.807, 2.05) is 13.8 Å². The minimum absolute atomic E-state index is 0.0195. The average Bonchev–Trinajstić information content (AvgIpc) is 2.24. The van der Waals surface area contributed by atoms with Gasteiger partial charge < -0.3 is 5.32 Å². The molecule has 0 atom stereocenters. The molecule has 0 aromatic heterocycles. The predicted octanol–water partition coefficient (Wildman–Crippen LogP) is 1.62. The van der Waals surface area contributed by atoms with Crippen molar-refractivity contribution in [1.82, 2.24) is 5.32 Å². The number of sulfonamides is 1. The number of carbonyl (C=O) groups is 1. The lowest BCUT2D eigenvalue weighted by atomic mass is 10.2. The van der Waals surface area contributed by atoms with Crippen molar-refractivity contribution in [2.24, 2.45) is 11.1 Å². The summed E-state index contributed by atoms with van der Waals surface area (Å²) in [6.07, 6.45) is 0. The topological polar surface area (TPSA) is 89.3 Å². The van der Waals surface area contributed by atoms with Crippen molar-refractivity contribution in [3.05, 3.63) is 28.0 Å². The molecule has 19 heavy (non-hydrogen) atoms. The third kappa shape index (κ3) is 4.26. The molecule has 0 aliphatic heterocycles. The number of nitrogens with one attached hydrogen (secondary N) is 1. The molecule has 1 aromatic rings. The van der Waals surface area contributed by atoms with Crippen LogP contribution in [0.2, 0.25) is 0 Å². The van der Waals surface area contributed by atoms with Gasteiger partial charge in [-0.15, -0.1) is 0 Å². The Bertz CT molecular complexity index is 602. The Morgan fingerprint density at radius 1 is 1.47 bits per heavy atom. The Balaban J connectivity index is 3.19. The summed E-state index contributed by atoms with van der Waals surface area (Å²) in [7, 11) is -4.21. The van der Waals surface area contributed by atoms with E-state index < -0.39 is 26.6 Å². The molecule has 5 nitrogen and oxygen atoms in total. The molecule has 0 bridgehead atoms. The summed E-state index contributed by atoms with van der Waals surface area (Å²) >= 11 is 3.02. The lowest BCUT2D eigenvalue weighted by molar-refractivity contribution is 0.0948. The number of primary sulfonamides is 1. The van der Waals surface area contributed by atoms with Crippen molar-refractivity contribution >= 4 is 31.9 Å². The van der Waals surface area contributed by atoms with Gasteiger partial charge in [-0.1, -0.05) is 13.8 Å². The standard InChI is InChI=1S/C11H14BrFN2O3S/c1-6(2)5-15-11(16)7-3-10(19(14,17)18)9(13)4-8(7)12/h3-4,6H,5H2,1-2H3,(H,15,16)(H2,14,17,18). The van der Waals surface area contributed by atoms with Crippen LogP contribution in [0.3, 0.4) is 0 Å². The van der Waals surface area contributed by atoms with Crippen LogP contribution in [-0.2, 0) is 10.0 Å². The van der Waals surface area contributed by atoms with E-state index >= 15 is 0 Å². The number of nitrogens with two attached hydrogens (primary N) is 1. The number of hydrogen-bond acceptors (Lipinski definition) is 3. The van der Waals surface area contributed by atoms with Crippen LogP contribution in [0.5, 0.6) is 0 Å². The van der Waals surface area contributed by atoms with Crippen LogP contribution >= 0.6 is 15.9 Å². The maximum Gasteiger partial charge on any atom is 0.252 e. The first kappa shape index (κ1) is 16.1. The molecule has 1 rings (SSSR count). The minimum atomic E-state index is -4.21. The maximum atomic E-state index is 13.5. The van der Waals surface area contributed by atoms with Crippen LogP contribution < -0.4 is 10.5 Å². The number of hydrogen-bond donors (Lipinski definition) is 2. The summed E-state index contributed by atoms with van der Waals surface area (Å²) in [6.45, 7) is 4.25. The molecule has 106 valence electrons. The van der Waals surface area contributed by atoms with Crippen LogP contribution in [0.25, 0.3) is 0 Å². The summed E-state index contributed by atoms with van der Waals surface area (Å²) in [5.74, 6) is -1.26. The van der Waals surface area contributed by atoms with E-state index in [-0.39, 0.29) is 16.0 Å². The van der Waals surface area contributed by atoms with Crippen LogP contribution in [0.1, 0.15) is 24.2 Å². The van der Waals surface area contributed by atoms with Crippen molar-refractivity contribution in [3.63, 3.8) is 0 Å². The van der Waals surface area contributed by atoms with Gasteiger partial charge in [0.05, 0.1) is 5.56 Å². The first-order valence-corrected chi connectivity index (χ1v) is 7.77. The molecular formula is C11H14BrFN2O3S. The fraction of sp³-hybridized carbons (Fsp3) is 0.364. The monoisotopic (exact) mass is 352 g/mol. The van der Waals surface area contributed by atoms with Gasteiger partial charge >= 0.3 is 0 Å². The number of rotatable bonds is 4. The quantitative estimate of drug-likeness (QED) is 0.862. The van der Waals surface area contributed by atoms with E-state index in [2.05, 4.69) is 21.2 Å². The van der Waals surface area contributed by atoms with Gasteiger partial charge in [-0.05, 0) is 34.0 Å². The van der Waals surface area contributed by atoms with Gasteiger partial charge in [0.25, 0.3) is 5.91 Å². The second-order valence-corrected chi connectivity index (χ2v) is 6.80. The highest BCUT2D eigenvalue weighted by molar-refractivity contribution is 9.10. The minimum Gasteiger partial charge on any atom is -0.352 e. The van der Waals surface area contributed by atoms with Crippen molar-refractivity contribution in [1.29, 1.82) is 0 Å². The highest BCUT2D eigenvalue weighted by atomic mass is 79.9. The average molecular weight is 353 g/mol. The summed E-state index contributed by atoms with van der Waals surface area (Å²) in [6, 6.07) is 1.83. The van der Waals surface area contributed by atoms with Gasteiger partial charge in [-0.2, -0.15) is 0 Å². The van der Waals surface area contributed by atoms with Gasteiger partial charge in [-0.3, -0.25) is 4.79 Å². The number of benzene rings is 1. The second-order valence-electron chi connectivity index (χ2n) is 4.41. The normalized spacial score (nSPS) is 11.7. The largest absolute Gasteiger partial charge is 0.352 e. The number of amides is 1. The predicted molar refractivity (Wildman–Crippen MR) is 72.6 cm³/mol. The summed E-state index contributed by atoms with van der Waals surface area (Å²) < 4.78 is 36.0.